The van der Waals surface area contributed by atoms with Crippen molar-refractivity contribution >= 4 is 27.4 Å². The molecule has 0 radical (unpaired) electrons. The number of benzene rings is 1. The van der Waals surface area contributed by atoms with Gasteiger partial charge in [-0.05, 0) is 23.6 Å². The van der Waals surface area contributed by atoms with Gasteiger partial charge in [0.25, 0.3) is 5.92 Å². The van der Waals surface area contributed by atoms with Gasteiger partial charge in [0.2, 0.25) is 0 Å². The lowest BCUT2D eigenvalue weighted by molar-refractivity contribution is -0.190. The van der Waals surface area contributed by atoms with Crippen LogP contribution in [0, 0.1) is 0 Å². The van der Waals surface area contributed by atoms with Gasteiger partial charge in [-0.25, -0.2) is 13.6 Å². The molecule has 0 aliphatic rings. The number of methoxy groups -OCH3 is 1. The second-order valence-corrected chi connectivity index (χ2v) is 5.44. The Morgan fingerprint density at radius 3 is 2.43 bits per heavy atom. The summed E-state index contributed by atoms with van der Waals surface area (Å²) < 4.78 is 68.7. The predicted molar refractivity (Wildman–Crippen MR) is 67.7 cm³/mol. The van der Waals surface area contributed by atoms with E-state index < -0.39 is 30.1 Å². The van der Waals surface area contributed by atoms with E-state index in [0.29, 0.717) is 4.70 Å². The van der Waals surface area contributed by atoms with Crippen molar-refractivity contribution < 1.29 is 31.5 Å². The Balaban J connectivity index is 2.40. The van der Waals surface area contributed by atoms with Crippen molar-refractivity contribution in [2.45, 2.75) is 18.5 Å². The van der Waals surface area contributed by atoms with Crippen LogP contribution in [0.25, 0.3) is 10.1 Å². The smallest absolute Gasteiger partial charge is 0.395 e. The average Bonchev–Trinajstić information content (AvgIpc) is 2.77. The summed E-state index contributed by atoms with van der Waals surface area (Å²) >= 11 is 1.02. The minimum atomic E-state index is -4.97. The highest BCUT2D eigenvalue weighted by molar-refractivity contribution is 7.20. The number of rotatable bonds is 3. The van der Waals surface area contributed by atoms with Gasteiger partial charge in [-0.15, -0.1) is 11.3 Å². The maximum Gasteiger partial charge on any atom is 0.395 e. The van der Waals surface area contributed by atoms with E-state index in [1.165, 1.54) is 19.2 Å². The van der Waals surface area contributed by atoms with E-state index in [-0.39, 0.29) is 10.3 Å². The summed E-state index contributed by atoms with van der Waals surface area (Å²) in [7, 11) is 1.18. The van der Waals surface area contributed by atoms with Crippen molar-refractivity contribution in [3.63, 3.8) is 0 Å². The zero-order chi connectivity index (χ0) is 15.8. The number of fused-ring (bicyclic) bond motifs is 1. The van der Waals surface area contributed by atoms with E-state index in [4.69, 9.17) is 0 Å². The standard InChI is InChI=1S/C13H9F5O2S/c1-20-11(19)10-5-7-4-8(2-3-9(7)21-10)12(14,15)6-13(16,17)18/h2-5H,6H2,1H3. The molecule has 0 aliphatic heterocycles. The number of thiophene rings is 1. The van der Waals surface area contributed by atoms with Crippen LogP contribution in [0.4, 0.5) is 22.0 Å². The Morgan fingerprint density at radius 1 is 1.19 bits per heavy atom. The number of carbonyl (C=O) groups excluding carboxylic acids is 1. The van der Waals surface area contributed by atoms with Gasteiger partial charge in [-0.1, -0.05) is 6.07 Å². The first-order valence-electron chi connectivity index (χ1n) is 5.69. The fraction of sp³-hybridized carbons (Fsp3) is 0.308. The molecule has 0 aliphatic carbocycles. The van der Waals surface area contributed by atoms with Crippen LogP contribution in [0.3, 0.4) is 0 Å². The lowest BCUT2D eigenvalue weighted by Crippen LogP contribution is -2.23. The fourth-order valence-electron chi connectivity index (χ4n) is 1.83. The van der Waals surface area contributed by atoms with E-state index >= 15 is 0 Å². The Bertz CT molecular complexity index is 675. The molecule has 2 rings (SSSR count). The Morgan fingerprint density at radius 2 is 1.86 bits per heavy atom. The lowest BCUT2D eigenvalue weighted by Gasteiger charge is -2.18. The van der Waals surface area contributed by atoms with Crippen molar-refractivity contribution in [2.75, 3.05) is 7.11 Å². The third-order valence-electron chi connectivity index (χ3n) is 2.75. The van der Waals surface area contributed by atoms with Gasteiger partial charge in [-0.3, -0.25) is 0 Å². The van der Waals surface area contributed by atoms with Crippen LogP contribution in [0.2, 0.25) is 0 Å². The molecule has 2 nitrogen and oxygen atoms in total. The van der Waals surface area contributed by atoms with Crippen LogP contribution in [0.1, 0.15) is 21.7 Å². The molecule has 2 aromatic rings. The summed E-state index contributed by atoms with van der Waals surface area (Å²) in [6.45, 7) is 0. The minimum Gasteiger partial charge on any atom is -0.465 e. The van der Waals surface area contributed by atoms with Crippen LogP contribution >= 0.6 is 11.3 Å². The second kappa shape index (κ2) is 5.25. The van der Waals surface area contributed by atoms with Crippen LogP contribution in [-0.4, -0.2) is 19.3 Å². The number of hydrogen-bond donors (Lipinski definition) is 0. The Labute approximate surface area is 120 Å². The van der Waals surface area contributed by atoms with Crippen molar-refractivity contribution in [3.05, 3.63) is 34.7 Å². The second-order valence-electron chi connectivity index (χ2n) is 4.35. The first-order valence-corrected chi connectivity index (χ1v) is 6.51. The van der Waals surface area contributed by atoms with Crippen molar-refractivity contribution in [1.82, 2.24) is 0 Å². The monoisotopic (exact) mass is 324 g/mol. The number of hydrogen-bond acceptors (Lipinski definition) is 3. The minimum absolute atomic E-state index is 0.198. The van der Waals surface area contributed by atoms with E-state index in [1.54, 1.807) is 0 Å². The number of ether oxygens (including phenoxy) is 1. The van der Waals surface area contributed by atoms with Crippen LogP contribution < -0.4 is 0 Å². The molecule has 1 aromatic carbocycles. The third-order valence-corrected chi connectivity index (χ3v) is 3.84. The molecule has 0 atom stereocenters. The molecule has 8 heteroatoms. The summed E-state index contributed by atoms with van der Waals surface area (Å²) in [5.74, 6) is -4.64. The predicted octanol–water partition coefficient (Wildman–Crippen LogP) is 4.73. The zero-order valence-electron chi connectivity index (χ0n) is 10.6. The van der Waals surface area contributed by atoms with Crippen molar-refractivity contribution in [2.24, 2.45) is 0 Å². The third kappa shape index (κ3) is 3.49. The summed E-state index contributed by atoms with van der Waals surface area (Å²) in [6.07, 6.45) is -7.19. The van der Waals surface area contributed by atoms with E-state index in [1.807, 2.05) is 0 Å². The summed E-state index contributed by atoms with van der Waals surface area (Å²) in [4.78, 5) is 11.5. The molecule has 0 fully saturated rings. The first kappa shape index (κ1) is 15.7. The van der Waals surface area contributed by atoms with Gasteiger partial charge in [0.1, 0.15) is 11.3 Å². The molecule has 114 valence electrons. The van der Waals surface area contributed by atoms with Crippen molar-refractivity contribution in [1.29, 1.82) is 0 Å². The molecule has 0 unspecified atom stereocenters. The Hall–Kier alpha value is -1.70. The first-order chi connectivity index (χ1) is 9.62. The molecule has 0 N–H and O–H groups in total. The molecule has 21 heavy (non-hydrogen) atoms. The zero-order valence-corrected chi connectivity index (χ0v) is 11.4. The number of alkyl halides is 5. The van der Waals surface area contributed by atoms with Gasteiger partial charge in [0, 0.05) is 10.3 Å². The summed E-state index contributed by atoms with van der Waals surface area (Å²) in [5.41, 5.74) is -0.735. The van der Waals surface area contributed by atoms with E-state index in [9.17, 15) is 26.7 Å². The van der Waals surface area contributed by atoms with Crippen LogP contribution in [0.5, 0.6) is 0 Å². The maximum atomic E-state index is 13.6. The van der Waals surface area contributed by atoms with Crippen LogP contribution in [0.15, 0.2) is 24.3 Å². The van der Waals surface area contributed by atoms with Gasteiger partial charge in [0.05, 0.1) is 7.11 Å². The number of esters is 1. The summed E-state index contributed by atoms with van der Waals surface area (Å²) in [6, 6.07) is 4.49. The topological polar surface area (TPSA) is 26.3 Å². The lowest BCUT2D eigenvalue weighted by atomic mass is 10.0. The summed E-state index contributed by atoms with van der Waals surface area (Å²) in [5, 5.41) is 0.278. The highest BCUT2D eigenvalue weighted by atomic mass is 32.1. The highest BCUT2D eigenvalue weighted by Crippen LogP contribution is 2.40. The molecular formula is C13H9F5O2S. The maximum absolute atomic E-state index is 13.6. The van der Waals surface area contributed by atoms with E-state index in [2.05, 4.69) is 4.74 Å². The molecule has 0 spiro atoms. The molecule has 1 heterocycles. The van der Waals surface area contributed by atoms with Crippen LogP contribution in [-0.2, 0) is 10.7 Å². The van der Waals surface area contributed by atoms with E-state index in [0.717, 1.165) is 23.5 Å². The normalized spacial score (nSPS) is 12.7. The number of halogens is 5. The molecule has 1 aromatic heterocycles. The highest BCUT2D eigenvalue weighted by Gasteiger charge is 2.44. The molecule has 0 amide bonds. The quantitative estimate of drug-likeness (QED) is 0.602. The number of carbonyl (C=O) groups is 1. The molecule has 0 bridgehead atoms. The van der Waals surface area contributed by atoms with Gasteiger partial charge < -0.3 is 4.74 Å². The molecule has 0 saturated heterocycles. The van der Waals surface area contributed by atoms with Gasteiger partial charge >= 0.3 is 12.1 Å². The van der Waals surface area contributed by atoms with Gasteiger partial charge in [-0.2, -0.15) is 13.2 Å². The van der Waals surface area contributed by atoms with Crippen molar-refractivity contribution in [3.8, 4) is 0 Å². The fourth-order valence-corrected chi connectivity index (χ4v) is 2.79. The Kier molecular flexibility index (Phi) is 3.92. The molecule has 0 saturated carbocycles. The van der Waals surface area contributed by atoms with Gasteiger partial charge in [0.15, 0.2) is 0 Å². The largest absolute Gasteiger partial charge is 0.465 e. The molecular weight excluding hydrogens is 315 g/mol. The average molecular weight is 324 g/mol. The SMILES string of the molecule is COC(=O)c1cc2cc(C(F)(F)CC(F)(F)F)ccc2s1.